The lowest BCUT2D eigenvalue weighted by atomic mass is 10.1. The summed E-state index contributed by atoms with van der Waals surface area (Å²) >= 11 is 0. The Hall–Kier alpha value is -1.88. The van der Waals surface area contributed by atoms with E-state index in [0.717, 1.165) is 12.8 Å². The van der Waals surface area contributed by atoms with Gasteiger partial charge in [0.2, 0.25) is 0 Å². The van der Waals surface area contributed by atoms with Crippen LogP contribution in [0.1, 0.15) is 42.6 Å². The third-order valence-electron chi connectivity index (χ3n) is 3.06. The van der Waals surface area contributed by atoms with Gasteiger partial charge in [-0.05, 0) is 30.5 Å². The monoisotopic (exact) mass is 279 g/mol. The fraction of sp³-hybridized carbons (Fsp3) is 0.467. The average molecular weight is 279 g/mol. The summed E-state index contributed by atoms with van der Waals surface area (Å²) in [6.45, 7) is 3.62. The van der Waals surface area contributed by atoms with E-state index in [0.29, 0.717) is 11.1 Å². The summed E-state index contributed by atoms with van der Waals surface area (Å²) < 4.78 is 4.94. The molecule has 0 saturated heterocycles. The number of amides is 1. The van der Waals surface area contributed by atoms with Gasteiger partial charge in [0.05, 0.1) is 12.2 Å². The molecule has 20 heavy (non-hydrogen) atoms. The van der Waals surface area contributed by atoms with Gasteiger partial charge in [-0.2, -0.15) is 0 Å². The van der Waals surface area contributed by atoms with E-state index in [-0.39, 0.29) is 25.2 Å². The number of ether oxygens (including phenoxy) is 1. The molecule has 1 amide bonds. The molecule has 0 aliphatic carbocycles. The zero-order valence-corrected chi connectivity index (χ0v) is 11.9. The molecule has 0 aromatic heterocycles. The highest BCUT2D eigenvalue weighted by Crippen LogP contribution is 2.06. The first-order chi connectivity index (χ1) is 9.60. The first kappa shape index (κ1) is 16.2. The third kappa shape index (κ3) is 5.01. The Bertz CT molecular complexity index is 438. The summed E-state index contributed by atoms with van der Waals surface area (Å²) in [5.74, 6) is -0.840. The maximum atomic E-state index is 11.7. The molecule has 5 nitrogen and oxygen atoms in total. The zero-order chi connectivity index (χ0) is 15.0. The molecule has 2 N–H and O–H groups in total. The molecule has 5 heteroatoms. The van der Waals surface area contributed by atoms with Crippen LogP contribution in [0, 0.1) is 0 Å². The van der Waals surface area contributed by atoms with Crippen LogP contribution in [0.2, 0.25) is 0 Å². The van der Waals surface area contributed by atoms with E-state index in [1.165, 1.54) is 0 Å². The van der Waals surface area contributed by atoms with Gasteiger partial charge in [0.15, 0.2) is 6.61 Å². The Balaban J connectivity index is 2.44. The number of hydrogen-bond donors (Lipinski definition) is 2. The summed E-state index contributed by atoms with van der Waals surface area (Å²) in [5.41, 5.74) is 1.07. The number of aliphatic hydroxyl groups is 1. The van der Waals surface area contributed by atoms with Crippen LogP contribution in [0.15, 0.2) is 24.3 Å². The number of esters is 1. The summed E-state index contributed by atoms with van der Waals surface area (Å²) in [6, 6.07) is 6.52. The number of nitrogens with one attached hydrogen (secondary N) is 1. The lowest BCUT2D eigenvalue weighted by molar-refractivity contribution is -0.125. The van der Waals surface area contributed by atoms with E-state index in [1.54, 1.807) is 24.3 Å². The van der Waals surface area contributed by atoms with Gasteiger partial charge in [-0.3, -0.25) is 4.79 Å². The predicted molar refractivity (Wildman–Crippen MR) is 75.2 cm³/mol. The molecular formula is C15H21NO4. The lowest BCUT2D eigenvalue weighted by Gasteiger charge is -2.14. The number of hydrogen-bond acceptors (Lipinski definition) is 4. The highest BCUT2D eigenvalue weighted by atomic mass is 16.5. The van der Waals surface area contributed by atoms with Crippen molar-refractivity contribution in [2.45, 2.75) is 39.3 Å². The van der Waals surface area contributed by atoms with Gasteiger partial charge in [0.25, 0.3) is 5.91 Å². The fourth-order valence-electron chi connectivity index (χ4n) is 1.72. The van der Waals surface area contributed by atoms with Gasteiger partial charge < -0.3 is 15.2 Å². The van der Waals surface area contributed by atoms with E-state index in [4.69, 9.17) is 9.84 Å². The quantitative estimate of drug-likeness (QED) is 0.744. The predicted octanol–water partition coefficient (Wildman–Crippen LogP) is 1.64. The standard InChI is InChI=1S/C15H21NO4/c1-3-13(4-2)16-14(18)10-20-15(19)12-7-5-11(9-17)6-8-12/h5-8,13,17H,3-4,9-10H2,1-2H3,(H,16,18). The van der Waals surface area contributed by atoms with E-state index in [1.807, 2.05) is 13.8 Å². The highest BCUT2D eigenvalue weighted by molar-refractivity contribution is 5.91. The molecule has 1 aromatic rings. The normalized spacial score (nSPS) is 10.4. The van der Waals surface area contributed by atoms with Gasteiger partial charge in [-0.15, -0.1) is 0 Å². The fourth-order valence-corrected chi connectivity index (χ4v) is 1.72. The Morgan fingerprint density at radius 3 is 2.30 bits per heavy atom. The molecule has 0 atom stereocenters. The van der Waals surface area contributed by atoms with Crippen molar-refractivity contribution in [2.24, 2.45) is 0 Å². The van der Waals surface area contributed by atoms with Crippen LogP contribution in [-0.2, 0) is 16.1 Å². The maximum Gasteiger partial charge on any atom is 0.338 e. The first-order valence-electron chi connectivity index (χ1n) is 6.77. The molecule has 1 aromatic carbocycles. The van der Waals surface area contributed by atoms with Gasteiger partial charge in [-0.1, -0.05) is 26.0 Å². The Morgan fingerprint density at radius 1 is 1.20 bits per heavy atom. The van der Waals surface area contributed by atoms with Crippen LogP contribution in [-0.4, -0.2) is 29.6 Å². The van der Waals surface area contributed by atoms with Crippen molar-refractivity contribution in [2.75, 3.05) is 6.61 Å². The molecule has 0 spiro atoms. The third-order valence-corrected chi connectivity index (χ3v) is 3.06. The second-order valence-corrected chi connectivity index (χ2v) is 4.51. The van der Waals surface area contributed by atoms with Crippen molar-refractivity contribution in [1.29, 1.82) is 0 Å². The molecule has 0 radical (unpaired) electrons. The van der Waals surface area contributed by atoms with Crippen molar-refractivity contribution in [1.82, 2.24) is 5.32 Å². The summed E-state index contributed by atoms with van der Waals surface area (Å²) in [4.78, 5) is 23.3. The molecule has 0 aliphatic rings. The topological polar surface area (TPSA) is 75.6 Å². The van der Waals surface area contributed by atoms with Crippen LogP contribution in [0.5, 0.6) is 0 Å². The molecule has 0 bridgehead atoms. The van der Waals surface area contributed by atoms with Crippen molar-refractivity contribution >= 4 is 11.9 Å². The van der Waals surface area contributed by atoms with Crippen molar-refractivity contribution in [3.05, 3.63) is 35.4 Å². The summed E-state index contributed by atoms with van der Waals surface area (Å²) in [5, 5.41) is 11.7. The zero-order valence-electron chi connectivity index (χ0n) is 11.9. The Morgan fingerprint density at radius 2 is 1.80 bits per heavy atom. The SMILES string of the molecule is CCC(CC)NC(=O)COC(=O)c1ccc(CO)cc1. The van der Waals surface area contributed by atoms with E-state index in [9.17, 15) is 9.59 Å². The second-order valence-electron chi connectivity index (χ2n) is 4.51. The molecule has 0 aliphatic heterocycles. The van der Waals surface area contributed by atoms with Gasteiger partial charge >= 0.3 is 5.97 Å². The van der Waals surface area contributed by atoms with Crippen LogP contribution < -0.4 is 5.32 Å². The van der Waals surface area contributed by atoms with Crippen LogP contribution in [0.25, 0.3) is 0 Å². The number of rotatable bonds is 7. The molecule has 0 heterocycles. The molecule has 0 unspecified atom stereocenters. The van der Waals surface area contributed by atoms with Crippen LogP contribution >= 0.6 is 0 Å². The lowest BCUT2D eigenvalue weighted by Crippen LogP contribution is -2.36. The smallest absolute Gasteiger partial charge is 0.338 e. The second kappa shape index (κ2) is 8.32. The Labute approximate surface area is 118 Å². The minimum atomic E-state index is -0.547. The molecule has 110 valence electrons. The molecular weight excluding hydrogens is 258 g/mol. The number of benzene rings is 1. The van der Waals surface area contributed by atoms with E-state index in [2.05, 4.69) is 5.32 Å². The minimum absolute atomic E-state index is 0.0762. The van der Waals surface area contributed by atoms with Crippen LogP contribution in [0.4, 0.5) is 0 Å². The number of carbonyl (C=O) groups is 2. The summed E-state index contributed by atoms with van der Waals surface area (Å²) in [7, 11) is 0. The maximum absolute atomic E-state index is 11.7. The van der Waals surface area contributed by atoms with E-state index >= 15 is 0 Å². The summed E-state index contributed by atoms with van der Waals surface area (Å²) in [6.07, 6.45) is 1.69. The van der Waals surface area contributed by atoms with E-state index < -0.39 is 5.97 Å². The Kier molecular flexibility index (Phi) is 6.73. The van der Waals surface area contributed by atoms with Gasteiger partial charge in [-0.25, -0.2) is 4.79 Å². The molecule has 0 saturated carbocycles. The van der Waals surface area contributed by atoms with Gasteiger partial charge in [0.1, 0.15) is 0 Å². The number of carbonyl (C=O) groups excluding carboxylic acids is 2. The molecule has 0 fully saturated rings. The van der Waals surface area contributed by atoms with Crippen molar-refractivity contribution in [3.8, 4) is 0 Å². The highest BCUT2D eigenvalue weighted by Gasteiger charge is 2.12. The van der Waals surface area contributed by atoms with Crippen LogP contribution in [0.3, 0.4) is 0 Å². The molecule has 1 rings (SSSR count). The minimum Gasteiger partial charge on any atom is -0.452 e. The first-order valence-corrected chi connectivity index (χ1v) is 6.77. The van der Waals surface area contributed by atoms with Gasteiger partial charge in [0, 0.05) is 6.04 Å². The van der Waals surface area contributed by atoms with Crippen molar-refractivity contribution < 1.29 is 19.4 Å². The largest absolute Gasteiger partial charge is 0.452 e. The van der Waals surface area contributed by atoms with Crippen molar-refractivity contribution in [3.63, 3.8) is 0 Å². The number of aliphatic hydroxyl groups excluding tert-OH is 1. The average Bonchev–Trinajstić information content (AvgIpc) is 2.50.